The number of ether oxygens (including phenoxy) is 3. The van der Waals surface area contributed by atoms with Crippen LogP contribution in [0.1, 0.15) is 59.3 Å². The Morgan fingerprint density at radius 3 is 1.15 bits per heavy atom. The maximum atomic E-state index is 13.1. The molecule has 0 bridgehead atoms. The number of carbonyl (C=O) groups excluding carboxylic acids is 1. The molecule has 0 aliphatic carbocycles. The standard InChI is InChI=1S/C28H30N6O3.C27H27N7O3.C27H28N6O3/c1-17(2)37-25-15-19(33-12-10-20(35)11-13-33)8-9-21(25)30-28-29-16-24-26(31-28)34-22-7-5-4-6-18(22)14-23(34)27(36)32(24)3;1-32-22-15-29-27(31-25(22)34-20-6-4-3-5-17(20)13-21(34)26(32)36)30-19-8-7-18(14-23(19)37-2)33-11-9-16(10-12-33)24(28)35;1-3-36-24-15-18(32-12-10-19(34)11-13-32)8-9-20(24)29-27-28-16-23-25(30-27)33-21-7-5-4-6-17(21)14-22(33)26(35)31(23)2/h4-9,14-17,20,35H,10-13H2,1-3H3,(H,29,30,31);3-8,13-16H,9-12H2,1-2H3,(H2,28,35)(H,29,30,31);4-9,14-16,19,34H,3,10-13H2,1-2H3,(H,28,29,30). The van der Waals surface area contributed by atoms with Gasteiger partial charge in [0.1, 0.15) is 50.3 Å². The van der Waals surface area contributed by atoms with Crippen LogP contribution >= 0.6 is 0 Å². The summed E-state index contributed by atoms with van der Waals surface area (Å²) in [4.78, 5) is 85.4. The van der Waals surface area contributed by atoms with Crippen molar-refractivity contribution in [2.75, 3.05) is 83.6 Å². The summed E-state index contributed by atoms with van der Waals surface area (Å²) in [5, 5.41) is 32.6. The number of piperidine rings is 3. The van der Waals surface area contributed by atoms with E-state index >= 15 is 0 Å². The van der Waals surface area contributed by atoms with Crippen LogP contribution in [0.5, 0.6) is 17.2 Å². The van der Waals surface area contributed by atoms with Gasteiger partial charge in [0, 0.05) is 118 Å². The SMILES string of the molecule is CC(C)Oc1cc(N2CCC(O)CC2)ccc1Nc1ncc2c(n1)n1c(cc3ccccc31)c(=O)n2C.CCOc1cc(N2CCC(O)CC2)ccc1Nc1ncc2c(n1)n1c(cc3ccccc31)c(=O)n2C.COc1cc(N2CCC(C(N)=O)CC2)ccc1Nc1ncc2c(n1)n1c(cc3ccccc31)c(=O)n2C. The number of para-hydroxylation sites is 3. The van der Waals surface area contributed by atoms with Gasteiger partial charge in [-0.15, -0.1) is 0 Å². The quantitative estimate of drug-likeness (QED) is 0.0555. The Morgan fingerprint density at radius 1 is 0.464 bits per heavy atom. The molecule has 15 aromatic rings. The van der Waals surface area contributed by atoms with Crippen LogP contribution in [0.25, 0.3) is 82.8 Å². The van der Waals surface area contributed by atoms with E-state index in [1.807, 2.05) is 173 Å². The van der Waals surface area contributed by atoms with Crippen LogP contribution in [0.4, 0.5) is 52.0 Å². The number of carbonyl (C=O) groups is 1. The van der Waals surface area contributed by atoms with Crippen molar-refractivity contribution in [3.63, 3.8) is 0 Å². The second-order valence-electron chi connectivity index (χ2n) is 28.4. The summed E-state index contributed by atoms with van der Waals surface area (Å²) in [6.45, 7) is 11.2. The summed E-state index contributed by atoms with van der Waals surface area (Å²) in [6, 6.07) is 47.4. The number of fused-ring (bicyclic) bond motifs is 15. The van der Waals surface area contributed by atoms with Crippen molar-refractivity contribution in [3.8, 4) is 17.2 Å². The zero-order chi connectivity index (χ0) is 76.2. The number of hydrogen-bond donors (Lipinski definition) is 6. The number of nitrogens with two attached hydrogens (primary N) is 1. The third-order valence-corrected chi connectivity index (χ3v) is 21.1. The van der Waals surface area contributed by atoms with Gasteiger partial charge in [-0.3, -0.25) is 32.4 Å². The Kier molecular flexibility index (Phi) is 19.3. The number of aliphatic hydroxyl groups is 2. The highest BCUT2D eigenvalue weighted by atomic mass is 16.5. The highest BCUT2D eigenvalue weighted by molar-refractivity contribution is 5.95. The summed E-state index contributed by atoms with van der Waals surface area (Å²) in [5.41, 5.74) is 18.8. The molecule has 28 nitrogen and oxygen atoms in total. The molecule has 3 fully saturated rings. The lowest BCUT2D eigenvalue weighted by Crippen LogP contribution is -2.38. The number of nitrogens with one attached hydrogen (secondary N) is 3. The fraction of sp³-hybridized carbons (Fsp3) is 0.293. The van der Waals surface area contributed by atoms with Gasteiger partial charge in [0.25, 0.3) is 16.7 Å². The van der Waals surface area contributed by atoms with Gasteiger partial charge in [-0.25, -0.2) is 15.0 Å². The third kappa shape index (κ3) is 13.6. The first-order valence-corrected chi connectivity index (χ1v) is 37.1. The average molecular weight is 1480 g/mol. The monoisotopic (exact) mass is 1480 g/mol. The fourth-order valence-electron chi connectivity index (χ4n) is 15.2. The number of benzene rings is 6. The van der Waals surface area contributed by atoms with Crippen molar-refractivity contribution < 1.29 is 29.2 Å². The minimum absolute atomic E-state index is 0.0168. The van der Waals surface area contributed by atoms with Crippen molar-refractivity contribution in [3.05, 3.63) is 195 Å². The van der Waals surface area contributed by atoms with E-state index in [0.717, 1.165) is 145 Å². The van der Waals surface area contributed by atoms with Crippen LogP contribution in [0, 0.1) is 5.92 Å². The number of amides is 1. The second kappa shape index (κ2) is 29.7. The van der Waals surface area contributed by atoms with Crippen LogP contribution in [0.3, 0.4) is 0 Å². The van der Waals surface area contributed by atoms with Crippen LogP contribution in [0.2, 0.25) is 0 Å². The molecule has 562 valence electrons. The van der Waals surface area contributed by atoms with Crippen LogP contribution in [0.15, 0.2) is 179 Å². The van der Waals surface area contributed by atoms with Gasteiger partial charge in [0.2, 0.25) is 23.8 Å². The van der Waals surface area contributed by atoms with E-state index in [1.165, 1.54) is 0 Å². The molecule has 0 saturated carbocycles. The van der Waals surface area contributed by atoms with E-state index in [2.05, 4.69) is 51.7 Å². The van der Waals surface area contributed by atoms with E-state index < -0.39 is 0 Å². The molecule has 28 heteroatoms. The molecule has 3 aliphatic heterocycles. The summed E-state index contributed by atoms with van der Waals surface area (Å²) in [5.74, 6) is 2.99. The minimum atomic E-state index is -0.225. The number of rotatable bonds is 15. The van der Waals surface area contributed by atoms with Gasteiger partial charge in [0.05, 0.1) is 84.2 Å². The first kappa shape index (κ1) is 71.4. The van der Waals surface area contributed by atoms with E-state index in [0.29, 0.717) is 91.7 Å². The molecule has 1 amide bonds. The Labute approximate surface area is 630 Å². The first-order chi connectivity index (χ1) is 53.4. The topological polar surface area (TPSA) is 314 Å². The summed E-state index contributed by atoms with van der Waals surface area (Å²) >= 11 is 0. The highest BCUT2D eigenvalue weighted by Gasteiger charge is 2.27. The van der Waals surface area contributed by atoms with Crippen molar-refractivity contribution in [1.82, 2.24) is 56.8 Å². The Hall–Kier alpha value is -12.8. The molecule has 7 N–H and O–H groups in total. The third-order valence-electron chi connectivity index (χ3n) is 21.1. The summed E-state index contributed by atoms with van der Waals surface area (Å²) < 4.78 is 28.2. The number of methoxy groups -OCH3 is 1. The highest BCUT2D eigenvalue weighted by Crippen LogP contribution is 2.38. The number of primary amides is 1. The molecule has 0 unspecified atom stereocenters. The smallest absolute Gasteiger partial charge is 0.275 e. The molecular weight excluding hydrogens is 1400 g/mol. The van der Waals surface area contributed by atoms with Gasteiger partial charge in [-0.05, 0) is 132 Å². The van der Waals surface area contributed by atoms with Crippen LogP contribution < -0.4 is 67.3 Å². The fourth-order valence-corrected chi connectivity index (χ4v) is 15.2. The zero-order valence-electron chi connectivity index (χ0n) is 62.1. The van der Waals surface area contributed by atoms with Crippen molar-refractivity contribution in [2.45, 2.75) is 77.6 Å². The molecule has 3 saturated heterocycles. The Morgan fingerprint density at radius 2 is 0.800 bits per heavy atom. The van der Waals surface area contributed by atoms with Gasteiger partial charge < -0.3 is 74.5 Å². The molecule has 110 heavy (non-hydrogen) atoms. The maximum absolute atomic E-state index is 13.1. The molecule has 18 rings (SSSR count). The van der Waals surface area contributed by atoms with Crippen LogP contribution in [-0.2, 0) is 25.9 Å². The predicted octanol–water partition coefficient (Wildman–Crippen LogP) is 11.3. The lowest BCUT2D eigenvalue weighted by molar-refractivity contribution is -0.122. The van der Waals surface area contributed by atoms with E-state index in [1.54, 1.807) is 60.5 Å². The minimum Gasteiger partial charge on any atom is -0.494 e. The lowest BCUT2D eigenvalue weighted by atomic mass is 9.96. The molecule has 6 aromatic carbocycles. The largest absolute Gasteiger partial charge is 0.494 e. The number of anilines is 9. The second-order valence-corrected chi connectivity index (χ2v) is 28.4. The van der Waals surface area contributed by atoms with Crippen molar-refractivity contribution in [2.24, 2.45) is 32.8 Å². The number of aryl methyl sites for hydroxylation is 3. The molecule has 0 radical (unpaired) electrons. The number of aromatic nitrogens is 12. The van der Waals surface area contributed by atoms with Gasteiger partial charge in [-0.2, -0.15) is 15.0 Å². The Balaban J connectivity index is 0.000000125. The molecule has 9 aromatic heterocycles. The maximum Gasteiger partial charge on any atom is 0.275 e. The number of hydrogen-bond acceptors (Lipinski definition) is 21. The summed E-state index contributed by atoms with van der Waals surface area (Å²) in [6.07, 6.45) is 9.08. The van der Waals surface area contributed by atoms with Crippen LogP contribution in [-0.4, -0.2) is 144 Å². The molecule has 0 atom stereocenters. The van der Waals surface area contributed by atoms with E-state index in [9.17, 15) is 29.4 Å². The zero-order valence-corrected chi connectivity index (χ0v) is 62.1. The van der Waals surface area contributed by atoms with Gasteiger partial charge in [-0.1, -0.05) is 54.6 Å². The molecule has 12 heterocycles. The lowest BCUT2D eigenvalue weighted by Gasteiger charge is -2.32. The molecular formula is C82H85N19O9. The van der Waals surface area contributed by atoms with Crippen molar-refractivity contribution >= 4 is 141 Å². The van der Waals surface area contributed by atoms with Crippen molar-refractivity contribution in [1.29, 1.82) is 0 Å². The van der Waals surface area contributed by atoms with Gasteiger partial charge in [0.15, 0.2) is 16.9 Å². The first-order valence-electron chi connectivity index (χ1n) is 37.1. The molecule has 3 aliphatic rings. The summed E-state index contributed by atoms with van der Waals surface area (Å²) in [7, 11) is 6.83. The van der Waals surface area contributed by atoms with E-state index in [-0.39, 0.29) is 46.8 Å². The average Bonchev–Trinajstić information content (AvgIpc) is 1.54. The molecule has 0 spiro atoms. The van der Waals surface area contributed by atoms with Gasteiger partial charge >= 0.3 is 0 Å². The number of nitrogens with zero attached hydrogens (tertiary/aromatic N) is 15. The normalized spacial score (nSPS) is 14.7. The van der Waals surface area contributed by atoms with E-state index in [4.69, 9.17) is 34.9 Å². The number of aliphatic hydroxyl groups excluding tert-OH is 2. The predicted molar refractivity (Wildman–Crippen MR) is 431 cm³/mol. The Bertz CT molecular complexity index is 6260.